The standard InChI is InChI=1S/C14H12N2O5/c1-20-11-6-8(13(15)17)2-3-10(11)21-12-7-16-5-4-9(12)14(18)19/h2-7H,1H3,(H2,15,17)(H,18,19). The third-order valence-corrected chi connectivity index (χ3v) is 2.68. The number of ether oxygens (including phenoxy) is 2. The van der Waals surface area contributed by atoms with E-state index in [9.17, 15) is 9.59 Å². The summed E-state index contributed by atoms with van der Waals surface area (Å²) in [6.45, 7) is 0. The fraction of sp³-hybridized carbons (Fsp3) is 0.0714. The highest BCUT2D eigenvalue weighted by Gasteiger charge is 2.15. The van der Waals surface area contributed by atoms with Crippen molar-refractivity contribution in [2.45, 2.75) is 0 Å². The van der Waals surface area contributed by atoms with Gasteiger partial charge in [0.2, 0.25) is 5.91 Å². The molecule has 21 heavy (non-hydrogen) atoms. The van der Waals surface area contributed by atoms with Crippen LogP contribution in [0, 0.1) is 0 Å². The van der Waals surface area contributed by atoms with Gasteiger partial charge in [-0.05, 0) is 24.3 Å². The van der Waals surface area contributed by atoms with Gasteiger partial charge in [0.25, 0.3) is 0 Å². The van der Waals surface area contributed by atoms with E-state index < -0.39 is 11.9 Å². The molecule has 0 aliphatic heterocycles. The number of hydrogen-bond donors (Lipinski definition) is 2. The van der Waals surface area contributed by atoms with Crippen molar-refractivity contribution in [1.82, 2.24) is 4.98 Å². The van der Waals surface area contributed by atoms with Crippen molar-refractivity contribution in [3.05, 3.63) is 47.8 Å². The largest absolute Gasteiger partial charge is 0.493 e. The van der Waals surface area contributed by atoms with Gasteiger partial charge in [0, 0.05) is 11.8 Å². The van der Waals surface area contributed by atoms with Crippen LogP contribution in [0.25, 0.3) is 0 Å². The lowest BCUT2D eigenvalue weighted by Crippen LogP contribution is -2.11. The van der Waals surface area contributed by atoms with E-state index in [4.69, 9.17) is 20.3 Å². The Kier molecular flexibility index (Phi) is 4.03. The highest BCUT2D eigenvalue weighted by atomic mass is 16.5. The molecule has 108 valence electrons. The number of carboxylic acid groups (broad SMARTS) is 1. The van der Waals surface area contributed by atoms with Crippen LogP contribution in [0.15, 0.2) is 36.7 Å². The zero-order chi connectivity index (χ0) is 15.4. The Labute approximate surface area is 119 Å². The van der Waals surface area contributed by atoms with Gasteiger partial charge in [0.1, 0.15) is 5.56 Å². The van der Waals surface area contributed by atoms with Gasteiger partial charge >= 0.3 is 5.97 Å². The molecule has 7 nitrogen and oxygen atoms in total. The van der Waals surface area contributed by atoms with Gasteiger partial charge in [0.05, 0.1) is 13.3 Å². The third-order valence-electron chi connectivity index (χ3n) is 2.68. The predicted octanol–water partition coefficient (Wildman–Crippen LogP) is 1.68. The summed E-state index contributed by atoms with van der Waals surface area (Å²) in [5.41, 5.74) is 5.40. The van der Waals surface area contributed by atoms with E-state index >= 15 is 0 Å². The molecule has 1 aromatic heterocycles. The minimum absolute atomic E-state index is 0.0361. The Bertz CT molecular complexity index is 700. The molecule has 0 spiro atoms. The number of primary amides is 1. The number of nitrogens with zero attached hydrogens (tertiary/aromatic N) is 1. The SMILES string of the molecule is COc1cc(C(N)=O)ccc1Oc1cnccc1C(=O)O. The number of carboxylic acids is 1. The molecule has 0 unspecified atom stereocenters. The van der Waals surface area contributed by atoms with Gasteiger partial charge in [-0.2, -0.15) is 0 Å². The summed E-state index contributed by atoms with van der Waals surface area (Å²) in [6.07, 6.45) is 2.63. The molecule has 3 N–H and O–H groups in total. The van der Waals surface area contributed by atoms with Gasteiger partial charge in [-0.1, -0.05) is 0 Å². The third kappa shape index (κ3) is 3.08. The number of pyridine rings is 1. The summed E-state index contributed by atoms with van der Waals surface area (Å²) in [6, 6.07) is 5.66. The van der Waals surface area contributed by atoms with Crippen LogP contribution in [0.4, 0.5) is 0 Å². The first kappa shape index (κ1) is 14.3. The molecule has 0 aliphatic rings. The normalized spacial score (nSPS) is 9.95. The smallest absolute Gasteiger partial charge is 0.339 e. The van der Waals surface area contributed by atoms with Gasteiger partial charge in [-0.3, -0.25) is 9.78 Å². The molecule has 2 aromatic rings. The van der Waals surface area contributed by atoms with Crippen molar-refractivity contribution >= 4 is 11.9 Å². The second-order valence-corrected chi connectivity index (χ2v) is 4.01. The average Bonchev–Trinajstić information content (AvgIpc) is 2.47. The van der Waals surface area contributed by atoms with Crippen LogP contribution >= 0.6 is 0 Å². The molecule has 7 heteroatoms. The molecule has 0 radical (unpaired) electrons. The fourth-order valence-corrected chi connectivity index (χ4v) is 1.66. The summed E-state index contributed by atoms with van der Waals surface area (Å²) < 4.78 is 10.6. The maximum atomic E-state index is 11.1. The lowest BCUT2D eigenvalue weighted by Gasteiger charge is -2.12. The molecule has 1 aromatic carbocycles. The molecule has 0 fully saturated rings. The molecule has 0 bridgehead atoms. The first-order valence-electron chi connectivity index (χ1n) is 5.86. The molecule has 2 rings (SSSR count). The Hall–Kier alpha value is -3.09. The van der Waals surface area contributed by atoms with E-state index in [0.29, 0.717) is 0 Å². The second kappa shape index (κ2) is 5.91. The molecular weight excluding hydrogens is 276 g/mol. The number of methoxy groups -OCH3 is 1. The summed E-state index contributed by atoms with van der Waals surface area (Å²) in [5.74, 6) is -1.17. The minimum Gasteiger partial charge on any atom is -0.493 e. The highest BCUT2D eigenvalue weighted by Crippen LogP contribution is 2.33. The molecule has 0 saturated heterocycles. The molecule has 0 atom stereocenters. The highest BCUT2D eigenvalue weighted by molar-refractivity contribution is 5.93. The number of aromatic carboxylic acids is 1. The summed E-state index contributed by atoms with van der Waals surface area (Å²) in [5, 5.41) is 9.09. The van der Waals surface area contributed by atoms with E-state index in [1.165, 1.54) is 43.8 Å². The van der Waals surface area contributed by atoms with Crippen molar-refractivity contribution in [1.29, 1.82) is 0 Å². The van der Waals surface area contributed by atoms with Crippen LogP contribution in [-0.2, 0) is 0 Å². The van der Waals surface area contributed by atoms with Crippen molar-refractivity contribution in [2.24, 2.45) is 5.73 Å². The van der Waals surface area contributed by atoms with E-state index in [1.807, 2.05) is 0 Å². The van der Waals surface area contributed by atoms with Crippen molar-refractivity contribution < 1.29 is 24.2 Å². The summed E-state index contributed by atoms with van der Waals surface area (Å²) in [4.78, 5) is 26.1. The van der Waals surface area contributed by atoms with Crippen molar-refractivity contribution in [2.75, 3.05) is 7.11 Å². The maximum absolute atomic E-state index is 11.1. The van der Waals surface area contributed by atoms with Crippen LogP contribution in [-0.4, -0.2) is 29.1 Å². The number of nitrogens with two attached hydrogens (primary N) is 1. The number of benzene rings is 1. The Morgan fingerprint density at radius 1 is 1.19 bits per heavy atom. The second-order valence-electron chi connectivity index (χ2n) is 4.01. The van der Waals surface area contributed by atoms with E-state index in [0.717, 1.165) is 0 Å². The van der Waals surface area contributed by atoms with Gasteiger partial charge in [0.15, 0.2) is 17.2 Å². The quantitative estimate of drug-likeness (QED) is 0.865. The molecular formula is C14H12N2O5. The topological polar surface area (TPSA) is 112 Å². The number of carbonyl (C=O) groups excluding carboxylic acids is 1. The first-order chi connectivity index (χ1) is 10.0. The van der Waals surface area contributed by atoms with Crippen LogP contribution in [0.2, 0.25) is 0 Å². The lowest BCUT2D eigenvalue weighted by atomic mass is 10.2. The molecule has 1 amide bonds. The monoisotopic (exact) mass is 288 g/mol. The zero-order valence-corrected chi connectivity index (χ0v) is 11.1. The van der Waals surface area contributed by atoms with E-state index in [2.05, 4.69) is 4.98 Å². The lowest BCUT2D eigenvalue weighted by molar-refractivity contribution is 0.0693. The van der Waals surface area contributed by atoms with Gasteiger partial charge in [-0.15, -0.1) is 0 Å². The van der Waals surface area contributed by atoms with Crippen molar-refractivity contribution in [3.8, 4) is 17.2 Å². The average molecular weight is 288 g/mol. The van der Waals surface area contributed by atoms with E-state index in [1.54, 1.807) is 0 Å². The Morgan fingerprint density at radius 2 is 1.95 bits per heavy atom. The predicted molar refractivity (Wildman–Crippen MR) is 72.8 cm³/mol. The number of amides is 1. The van der Waals surface area contributed by atoms with Crippen LogP contribution in [0.1, 0.15) is 20.7 Å². The van der Waals surface area contributed by atoms with Crippen molar-refractivity contribution in [3.63, 3.8) is 0 Å². The van der Waals surface area contributed by atoms with Gasteiger partial charge in [-0.25, -0.2) is 4.79 Å². The van der Waals surface area contributed by atoms with Gasteiger partial charge < -0.3 is 20.3 Å². The summed E-state index contributed by atoms with van der Waals surface area (Å²) >= 11 is 0. The minimum atomic E-state index is -1.14. The number of carbonyl (C=O) groups is 2. The molecule has 0 saturated carbocycles. The number of aromatic nitrogens is 1. The molecule has 1 heterocycles. The maximum Gasteiger partial charge on any atom is 0.339 e. The number of rotatable bonds is 5. The van der Waals surface area contributed by atoms with E-state index in [-0.39, 0.29) is 28.4 Å². The van der Waals surface area contributed by atoms with Crippen LogP contribution in [0.5, 0.6) is 17.2 Å². The Morgan fingerprint density at radius 3 is 2.57 bits per heavy atom. The Balaban J connectivity index is 2.40. The van der Waals surface area contributed by atoms with Crippen LogP contribution < -0.4 is 15.2 Å². The fourth-order valence-electron chi connectivity index (χ4n) is 1.66. The molecule has 0 aliphatic carbocycles. The first-order valence-corrected chi connectivity index (χ1v) is 5.86. The zero-order valence-electron chi connectivity index (χ0n) is 11.1. The number of hydrogen-bond acceptors (Lipinski definition) is 5. The summed E-state index contributed by atoms with van der Waals surface area (Å²) in [7, 11) is 1.40. The van der Waals surface area contributed by atoms with Crippen LogP contribution in [0.3, 0.4) is 0 Å².